The fourth-order valence-corrected chi connectivity index (χ4v) is 3.29. The van der Waals surface area contributed by atoms with Crippen molar-refractivity contribution in [3.63, 3.8) is 0 Å². The molecule has 2 heteroatoms. The first-order chi connectivity index (χ1) is 9.18. The van der Waals surface area contributed by atoms with Crippen LogP contribution in [0.1, 0.15) is 51.5 Å². The standard InChI is InChI=1S/C17H25NO/c1-13(2)12-17(9-4-10-18-17)14-5-3-6-16(11-14)19-15-7-8-15/h3,5-6,11,13,15,18H,4,7-10,12H2,1-2H3. The van der Waals surface area contributed by atoms with Crippen LogP contribution in [0, 0.1) is 5.92 Å². The highest BCUT2D eigenvalue weighted by Gasteiger charge is 2.36. The van der Waals surface area contributed by atoms with Crippen LogP contribution in [-0.4, -0.2) is 12.6 Å². The topological polar surface area (TPSA) is 21.3 Å². The monoisotopic (exact) mass is 259 g/mol. The molecule has 2 nitrogen and oxygen atoms in total. The van der Waals surface area contributed by atoms with Gasteiger partial charge in [0.25, 0.3) is 0 Å². The molecule has 1 saturated carbocycles. The third-order valence-corrected chi connectivity index (χ3v) is 4.21. The van der Waals surface area contributed by atoms with E-state index in [9.17, 15) is 0 Å². The maximum absolute atomic E-state index is 5.95. The van der Waals surface area contributed by atoms with Crippen LogP contribution in [0.25, 0.3) is 0 Å². The van der Waals surface area contributed by atoms with E-state index in [1.807, 2.05) is 0 Å². The first kappa shape index (κ1) is 13.0. The number of hydrogen-bond acceptors (Lipinski definition) is 2. The molecule has 2 aliphatic rings. The lowest BCUT2D eigenvalue weighted by Crippen LogP contribution is -2.38. The van der Waals surface area contributed by atoms with Crippen molar-refractivity contribution >= 4 is 0 Å². The van der Waals surface area contributed by atoms with E-state index in [2.05, 4.69) is 43.4 Å². The summed E-state index contributed by atoms with van der Waals surface area (Å²) in [6.07, 6.45) is 6.66. The van der Waals surface area contributed by atoms with Crippen molar-refractivity contribution in [3.05, 3.63) is 29.8 Å². The molecule has 3 rings (SSSR count). The molecule has 104 valence electrons. The molecule has 0 bridgehead atoms. The molecular weight excluding hydrogens is 234 g/mol. The predicted octanol–water partition coefficient (Wildman–Crippen LogP) is 3.85. The van der Waals surface area contributed by atoms with E-state index < -0.39 is 0 Å². The van der Waals surface area contributed by atoms with E-state index in [0.717, 1.165) is 12.3 Å². The fourth-order valence-electron chi connectivity index (χ4n) is 3.29. The van der Waals surface area contributed by atoms with Crippen molar-refractivity contribution in [2.75, 3.05) is 6.54 Å². The second-order valence-electron chi connectivity index (χ2n) is 6.56. The zero-order valence-corrected chi connectivity index (χ0v) is 12.1. The van der Waals surface area contributed by atoms with Gasteiger partial charge in [0.05, 0.1) is 6.10 Å². The second kappa shape index (κ2) is 5.16. The van der Waals surface area contributed by atoms with Crippen molar-refractivity contribution in [3.8, 4) is 5.75 Å². The lowest BCUT2D eigenvalue weighted by atomic mass is 9.81. The molecule has 2 fully saturated rings. The van der Waals surface area contributed by atoms with Crippen LogP contribution in [0.2, 0.25) is 0 Å². The number of benzene rings is 1. The first-order valence-electron chi connectivity index (χ1n) is 7.70. The van der Waals surface area contributed by atoms with Crippen LogP contribution in [-0.2, 0) is 5.54 Å². The third-order valence-electron chi connectivity index (χ3n) is 4.21. The third kappa shape index (κ3) is 2.94. The molecule has 1 aromatic rings. The minimum absolute atomic E-state index is 0.178. The maximum atomic E-state index is 5.95. The van der Waals surface area contributed by atoms with Crippen molar-refractivity contribution in [2.45, 2.75) is 57.6 Å². The van der Waals surface area contributed by atoms with Crippen molar-refractivity contribution < 1.29 is 4.74 Å². The van der Waals surface area contributed by atoms with E-state index in [-0.39, 0.29) is 5.54 Å². The van der Waals surface area contributed by atoms with Crippen LogP contribution in [0.15, 0.2) is 24.3 Å². The summed E-state index contributed by atoms with van der Waals surface area (Å²) in [5.74, 6) is 1.76. The number of ether oxygens (including phenoxy) is 1. The summed E-state index contributed by atoms with van der Waals surface area (Å²) >= 11 is 0. The van der Waals surface area contributed by atoms with Gasteiger partial charge in [-0.3, -0.25) is 0 Å². The second-order valence-corrected chi connectivity index (χ2v) is 6.56. The Bertz CT molecular complexity index is 431. The Balaban J connectivity index is 1.84. The molecule has 1 aliphatic carbocycles. The van der Waals surface area contributed by atoms with Crippen LogP contribution in [0.3, 0.4) is 0 Å². The summed E-state index contributed by atoms with van der Waals surface area (Å²) in [4.78, 5) is 0. The SMILES string of the molecule is CC(C)CC1(c2cccc(OC3CC3)c2)CCCN1. The van der Waals surface area contributed by atoms with Crippen molar-refractivity contribution in [1.82, 2.24) is 5.32 Å². The molecule has 0 spiro atoms. The molecule has 1 saturated heterocycles. The van der Waals surface area contributed by atoms with E-state index in [1.54, 1.807) is 0 Å². The molecule has 0 amide bonds. The largest absolute Gasteiger partial charge is 0.490 e. The van der Waals surface area contributed by atoms with E-state index in [4.69, 9.17) is 4.74 Å². The van der Waals surface area contributed by atoms with Gasteiger partial charge in [-0.2, -0.15) is 0 Å². The highest BCUT2D eigenvalue weighted by molar-refractivity contribution is 5.34. The lowest BCUT2D eigenvalue weighted by Gasteiger charge is -2.32. The molecular formula is C17H25NO. The highest BCUT2D eigenvalue weighted by Crippen LogP contribution is 2.38. The molecule has 0 aromatic heterocycles. The minimum atomic E-state index is 0.178. The molecule has 0 radical (unpaired) electrons. The van der Waals surface area contributed by atoms with Gasteiger partial charge in [-0.05, 0) is 62.3 Å². The van der Waals surface area contributed by atoms with Gasteiger partial charge in [0.2, 0.25) is 0 Å². The number of nitrogens with one attached hydrogen (secondary N) is 1. The van der Waals surface area contributed by atoms with Gasteiger partial charge < -0.3 is 10.1 Å². The Morgan fingerprint density at radius 2 is 2.21 bits per heavy atom. The summed E-state index contributed by atoms with van der Waals surface area (Å²) in [6, 6.07) is 8.77. The first-order valence-corrected chi connectivity index (χ1v) is 7.70. The Hall–Kier alpha value is -1.02. The van der Waals surface area contributed by atoms with Crippen LogP contribution >= 0.6 is 0 Å². The molecule has 1 aromatic carbocycles. The molecule has 1 N–H and O–H groups in total. The number of rotatable bonds is 5. The van der Waals surface area contributed by atoms with E-state index in [1.165, 1.54) is 37.7 Å². The van der Waals surface area contributed by atoms with Gasteiger partial charge >= 0.3 is 0 Å². The van der Waals surface area contributed by atoms with Gasteiger partial charge in [-0.25, -0.2) is 0 Å². The quantitative estimate of drug-likeness (QED) is 0.867. The highest BCUT2D eigenvalue weighted by atomic mass is 16.5. The molecule has 1 atom stereocenters. The predicted molar refractivity (Wildman–Crippen MR) is 78.5 cm³/mol. The maximum Gasteiger partial charge on any atom is 0.120 e. The molecule has 1 heterocycles. The number of hydrogen-bond donors (Lipinski definition) is 1. The smallest absolute Gasteiger partial charge is 0.120 e. The molecule has 1 aliphatic heterocycles. The zero-order chi connectivity index (χ0) is 13.3. The average Bonchev–Trinajstić information content (AvgIpc) is 3.06. The fraction of sp³-hybridized carbons (Fsp3) is 0.647. The summed E-state index contributed by atoms with van der Waals surface area (Å²) in [5, 5.41) is 3.76. The van der Waals surface area contributed by atoms with E-state index in [0.29, 0.717) is 12.0 Å². The van der Waals surface area contributed by atoms with Gasteiger partial charge in [0, 0.05) is 5.54 Å². The van der Waals surface area contributed by atoms with Crippen LogP contribution in [0.5, 0.6) is 5.75 Å². The Morgan fingerprint density at radius 1 is 1.37 bits per heavy atom. The summed E-state index contributed by atoms with van der Waals surface area (Å²) in [5.41, 5.74) is 1.59. The van der Waals surface area contributed by atoms with E-state index >= 15 is 0 Å². The summed E-state index contributed by atoms with van der Waals surface area (Å²) < 4.78 is 5.95. The van der Waals surface area contributed by atoms with Crippen LogP contribution < -0.4 is 10.1 Å². The normalized spacial score (nSPS) is 26.9. The minimum Gasteiger partial charge on any atom is -0.490 e. The van der Waals surface area contributed by atoms with Crippen molar-refractivity contribution in [2.24, 2.45) is 5.92 Å². The Labute approximate surface area is 116 Å². The Kier molecular flexibility index (Phi) is 3.53. The molecule has 1 unspecified atom stereocenters. The van der Waals surface area contributed by atoms with Crippen molar-refractivity contribution in [1.29, 1.82) is 0 Å². The zero-order valence-electron chi connectivity index (χ0n) is 12.1. The average molecular weight is 259 g/mol. The summed E-state index contributed by atoms with van der Waals surface area (Å²) in [6.45, 7) is 5.76. The lowest BCUT2D eigenvalue weighted by molar-refractivity contribution is 0.293. The van der Waals surface area contributed by atoms with Gasteiger partial charge in [-0.15, -0.1) is 0 Å². The summed E-state index contributed by atoms with van der Waals surface area (Å²) in [7, 11) is 0. The van der Waals surface area contributed by atoms with Crippen LogP contribution in [0.4, 0.5) is 0 Å². The van der Waals surface area contributed by atoms with Gasteiger partial charge in [-0.1, -0.05) is 26.0 Å². The Morgan fingerprint density at radius 3 is 2.84 bits per heavy atom. The molecule has 19 heavy (non-hydrogen) atoms. The van der Waals surface area contributed by atoms with Gasteiger partial charge in [0.1, 0.15) is 5.75 Å². The van der Waals surface area contributed by atoms with Gasteiger partial charge in [0.15, 0.2) is 0 Å².